The fourth-order valence-corrected chi connectivity index (χ4v) is 2.80. The van der Waals surface area contributed by atoms with Crippen molar-refractivity contribution >= 4 is 12.2 Å². The van der Waals surface area contributed by atoms with Gasteiger partial charge in [-0.3, -0.25) is 9.79 Å². The monoisotopic (exact) mass is 348 g/mol. The lowest BCUT2D eigenvalue weighted by molar-refractivity contribution is -0.937. The zero-order valence-electron chi connectivity index (χ0n) is 14.3. The molecule has 1 aliphatic heterocycles. The molecular formula is C18H23FN3O3+. The summed E-state index contributed by atoms with van der Waals surface area (Å²) < 4.78 is 23.5. The number of hydrogen-bond acceptors (Lipinski definition) is 5. The van der Waals surface area contributed by atoms with Crippen LogP contribution in [0.2, 0.25) is 0 Å². The fourth-order valence-electron chi connectivity index (χ4n) is 2.80. The first-order valence-corrected chi connectivity index (χ1v) is 8.39. The van der Waals surface area contributed by atoms with Gasteiger partial charge in [0.1, 0.15) is 24.9 Å². The summed E-state index contributed by atoms with van der Waals surface area (Å²) in [6.07, 6.45) is 1.34. The molecular weight excluding hydrogens is 325 g/mol. The molecule has 25 heavy (non-hydrogen) atoms. The number of nitrogens with one attached hydrogen (secondary N) is 1. The Labute approximate surface area is 146 Å². The van der Waals surface area contributed by atoms with Crippen molar-refractivity contribution in [2.75, 3.05) is 39.5 Å². The Morgan fingerprint density at radius 1 is 1.44 bits per heavy atom. The van der Waals surface area contributed by atoms with E-state index in [1.54, 1.807) is 19.1 Å². The molecule has 1 aromatic rings. The second-order valence-corrected chi connectivity index (χ2v) is 5.75. The Hall–Kier alpha value is -2.30. The molecule has 0 saturated carbocycles. The second kappa shape index (κ2) is 9.87. The molecule has 6 nitrogen and oxygen atoms in total. The normalized spacial score (nSPS) is 17.8. The van der Waals surface area contributed by atoms with Gasteiger partial charge >= 0.3 is 5.97 Å². The van der Waals surface area contributed by atoms with E-state index in [-0.39, 0.29) is 18.5 Å². The first-order chi connectivity index (χ1) is 12.2. The third-order valence-electron chi connectivity index (χ3n) is 4.12. The number of hydrogen-bond donors (Lipinski definition) is 1. The zero-order chi connectivity index (χ0) is 18.1. The minimum absolute atomic E-state index is 0.0160. The standard InChI is InChI=1S/C18H22FN3O3/c1-2-25-18(23)15(11-20)12-21-13-17(22-7-9-24-10-8-22)14-3-5-16(19)6-4-14/h3-6,12,15,17H,2,7-10,13H2,1H3/p+1/t15-,17-/m0/s1. The molecule has 0 radical (unpaired) electrons. The number of esters is 1. The van der Waals surface area contributed by atoms with Crippen LogP contribution in [-0.2, 0) is 14.3 Å². The van der Waals surface area contributed by atoms with Gasteiger partial charge in [-0.2, -0.15) is 5.26 Å². The van der Waals surface area contributed by atoms with Crippen LogP contribution in [0.4, 0.5) is 4.39 Å². The third-order valence-corrected chi connectivity index (χ3v) is 4.12. The van der Waals surface area contributed by atoms with Gasteiger partial charge in [0.05, 0.1) is 32.4 Å². The number of rotatable bonds is 7. The van der Waals surface area contributed by atoms with Crippen molar-refractivity contribution < 1.29 is 23.6 Å². The summed E-state index contributed by atoms with van der Waals surface area (Å²) in [5.41, 5.74) is 0.972. The third kappa shape index (κ3) is 5.62. The van der Waals surface area contributed by atoms with Crippen LogP contribution in [0.25, 0.3) is 0 Å². The van der Waals surface area contributed by atoms with Gasteiger partial charge in [-0.15, -0.1) is 0 Å². The van der Waals surface area contributed by atoms with Gasteiger partial charge in [0.2, 0.25) is 0 Å². The number of morpholine rings is 1. The number of quaternary nitrogens is 1. The van der Waals surface area contributed by atoms with Crippen LogP contribution in [0.3, 0.4) is 0 Å². The number of carbonyl (C=O) groups is 1. The van der Waals surface area contributed by atoms with Gasteiger partial charge in [-0.1, -0.05) is 12.1 Å². The van der Waals surface area contributed by atoms with E-state index in [1.807, 2.05) is 6.07 Å². The van der Waals surface area contributed by atoms with Gasteiger partial charge in [-0.05, 0) is 19.1 Å². The topological polar surface area (TPSA) is 76.1 Å². The van der Waals surface area contributed by atoms with Crippen LogP contribution in [0.5, 0.6) is 0 Å². The van der Waals surface area contributed by atoms with Crippen LogP contribution in [0, 0.1) is 23.1 Å². The number of nitriles is 1. The maximum absolute atomic E-state index is 13.2. The van der Waals surface area contributed by atoms with Crippen LogP contribution in [-0.4, -0.2) is 51.6 Å². The number of benzene rings is 1. The Morgan fingerprint density at radius 3 is 2.72 bits per heavy atom. The van der Waals surface area contributed by atoms with Crippen molar-refractivity contribution in [1.29, 1.82) is 5.26 Å². The van der Waals surface area contributed by atoms with Crippen molar-refractivity contribution in [3.8, 4) is 6.07 Å². The predicted octanol–water partition coefficient (Wildman–Crippen LogP) is 0.556. The van der Waals surface area contributed by atoms with Crippen LogP contribution in [0.15, 0.2) is 29.3 Å². The minimum Gasteiger partial charge on any atom is -0.465 e. The van der Waals surface area contributed by atoms with E-state index >= 15 is 0 Å². The summed E-state index contributed by atoms with van der Waals surface area (Å²) in [6.45, 7) is 5.31. The van der Waals surface area contributed by atoms with Crippen LogP contribution < -0.4 is 4.90 Å². The molecule has 134 valence electrons. The maximum Gasteiger partial charge on any atom is 0.328 e. The van der Waals surface area contributed by atoms with Crippen LogP contribution in [0.1, 0.15) is 18.5 Å². The molecule has 0 spiro atoms. The van der Waals surface area contributed by atoms with Gasteiger partial charge in [-0.25, -0.2) is 4.39 Å². The molecule has 1 aliphatic rings. The van der Waals surface area contributed by atoms with Crippen LogP contribution >= 0.6 is 0 Å². The van der Waals surface area contributed by atoms with Gasteiger partial charge in [0.15, 0.2) is 5.92 Å². The lowest BCUT2D eigenvalue weighted by Crippen LogP contribution is -3.14. The predicted molar refractivity (Wildman–Crippen MR) is 89.8 cm³/mol. The Balaban J connectivity index is 2.10. The molecule has 1 heterocycles. The van der Waals surface area contributed by atoms with Gasteiger partial charge in [0, 0.05) is 11.8 Å². The quantitative estimate of drug-likeness (QED) is 0.577. The van der Waals surface area contributed by atoms with Crippen molar-refractivity contribution in [2.24, 2.45) is 10.9 Å². The molecule has 0 aliphatic carbocycles. The van der Waals surface area contributed by atoms with Gasteiger partial charge in [0.25, 0.3) is 0 Å². The van der Waals surface area contributed by atoms with Crippen molar-refractivity contribution in [3.05, 3.63) is 35.6 Å². The lowest BCUT2D eigenvalue weighted by atomic mass is 10.0. The maximum atomic E-state index is 13.2. The summed E-state index contributed by atoms with van der Waals surface area (Å²) in [4.78, 5) is 17.3. The molecule has 2 rings (SSSR count). The van der Waals surface area contributed by atoms with E-state index in [0.717, 1.165) is 18.7 Å². The molecule has 0 bridgehead atoms. The number of halogens is 1. The van der Waals surface area contributed by atoms with E-state index in [0.29, 0.717) is 19.8 Å². The van der Waals surface area contributed by atoms with E-state index < -0.39 is 11.9 Å². The lowest BCUT2D eigenvalue weighted by Gasteiger charge is -2.31. The highest BCUT2D eigenvalue weighted by Crippen LogP contribution is 2.12. The molecule has 7 heteroatoms. The zero-order valence-corrected chi connectivity index (χ0v) is 14.3. The molecule has 0 unspecified atom stereocenters. The smallest absolute Gasteiger partial charge is 0.328 e. The number of aliphatic imine (C=N–C) groups is 1. The molecule has 0 aromatic heterocycles. The van der Waals surface area contributed by atoms with E-state index in [1.165, 1.54) is 23.2 Å². The van der Waals surface area contributed by atoms with E-state index in [2.05, 4.69) is 4.99 Å². The minimum atomic E-state index is -1.01. The SMILES string of the molecule is CCOC(=O)[C@@H](C#N)C=NC[C@@H](c1ccc(F)cc1)[NH+]1CCOCC1. The highest BCUT2D eigenvalue weighted by Gasteiger charge is 2.26. The Bertz CT molecular complexity index is 621. The van der Waals surface area contributed by atoms with Crippen molar-refractivity contribution in [1.82, 2.24) is 0 Å². The Morgan fingerprint density at radius 2 is 2.12 bits per heavy atom. The molecule has 2 atom stereocenters. The molecule has 1 aromatic carbocycles. The molecule has 0 amide bonds. The summed E-state index contributed by atoms with van der Waals surface area (Å²) >= 11 is 0. The largest absolute Gasteiger partial charge is 0.465 e. The first kappa shape index (κ1) is 19.0. The highest BCUT2D eigenvalue weighted by atomic mass is 19.1. The average Bonchev–Trinajstić information content (AvgIpc) is 2.64. The molecule has 1 fully saturated rings. The van der Waals surface area contributed by atoms with E-state index in [9.17, 15) is 9.18 Å². The number of carbonyl (C=O) groups excluding carboxylic acids is 1. The second-order valence-electron chi connectivity index (χ2n) is 5.75. The molecule has 1 N–H and O–H groups in total. The van der Waals surface area contributed by atoms with Crippen molar-refractivity contribution in [3.63, 3.8) is 0 Å². The molecule has 1 saturated heterocycles. The summed E-state index contributed by atoms with van der Waals surface area (Å²) in [5, 5.41) is 9.08. The number of nitrogens with zero attached hydrogens (tertiary/aromatic N) is 2. The summed E-state index contributed by atoms with van der Waals surface area (Å²) in [5.74, 6) is -1.88. The Kier molecular flexibility index (Phi) is 7.51. The first-order valence-electron chi connectivity index (χ1n) is 8.39. The summed E-state index contributed by atoms with van der Waals surface area (Å²) in [7, 11) is 0. The van der Waals surface area contributed by atoms with Crippen molar-refractivity contribution in [2.45, 2.75) is 13.0 Å². The highest BCUT2D eigenvalue weighted by molar-refractivity contribution is 5.92. The van der Waals surface area contributed by atoms with E-state index in [4.69, 9.17) is 14.7 Å². The average molecular weight is 348 g/mol. The van der Waals surface area contributed by atoms with Gasteiger partial charge < -0.3 is 14.4 Å². The number of ether oxygens (including phenoxy) is 2. The fraction of sp³-hybridized carbons (Fsp3) is 0.500. The summed E-state index contributed by atoms with van der Waals surface area (Å²) in [6, 6.07) is 8.28.